The zero-order valence-electron chi connectivity index (χ0n) is 25.5. The Hall–Kier alpha value is -3.10. The van der Waals surface area contributed by atoms with E-state index in [9.17, 15) is 14.7 Å². The number of hydrogen-bond donors (Lipinski definition) is 1. The van der Waals surface area contributed by atoms with E-state index >= 15 is 4.79 Å². The van der Waals surface area contributed by atoms with Gasteiger partial charge in [-0.05, 0) is 54.0 Å². The molecule has 3 saturated heterocycles. The quantitative estimate of drug-likeness (QED) is 0.182. The third-order valence-electron chi connectivity index (χ3n) is 9.95. The zero-order chi connectivity index (χ0) is 30.9. The van der Waals surface area contributed by atoms with E-state index in [0.717, 1.165) is 35.7 Å². The number of aliphatic hydroxyl groups excluding tert-OH is 1. The zero-order valence-corrected chi connectivity index (χ0v) is 26.3. The highest BCUT2D eigenvalue weighted by Crippen LogP contribution is 2.69. The van der Waals surface area contributed by atoms with E-state index in [2.05, 4.69) is 20.1 Å². The van der Waals surface area contributed by atoms with E-state index < -0.39 is 28.7 Å². The summed E-state index contributed by atoms with van der Waals surface area (Å²) in [7, 11) is 0. The number of rotatable bonds is 13. The van der Waals surface area contributed by atoms with Gasteiger partial charge in [0.2, 0.25) is 5.91 Å². The number of esters is 1. The molecule has 43 heavy (non-hydrogen) atoms. The van der Waals surface area contributed by atoms with E-state index in [1.165, 1.54) is 0 Å². The SMILES string of the molecule is C=CCCCOC(=O)[C@@H]1[C@@H]2CC(C)C3(S2)C(C(=O)N(CC=C)c2ccc4ccccc4c2)N([C@@H](CO)[C@@H](C)CC)C(=O)[C@H]13. The Labute approximate surface area is 259 Å². The number of nitrogens with zero attached hydrogens (tertiary/aromatic N) is 2. The van der Waals surface area contributed by atoms with Gasteiger partial charge in [-0.1, -0.05) is 69.7 Å². The standard InChI is InChI=1S/C35H44N2O5S/c1-6-9-12-18-42-34(41)29-28-19-23(5)35(43-28)30(29)32(39)37(27(21-38)22(4)8-3)31(35)33(40)36(17-7-2)26-16-15-24-13-10-11-14-25(24)20-26/h6-7,10-11,13-16,20,22-23,27-31,38H,1-2,8-9,12,17-19,21H2,3-5H3/t22-,23?,27-,28-,29+,30-,31?,35?/m0/s1. The summed E-state index contributed by atoms with van der Waals surface area (Å²) < 4.78 is 4.92. The van der Waals surface area contributed by atoms with Gasteiger partial charge in [-0.2, -0.15) is 0 Å². The minimum Gasteiger partial charge on any atom is -0.465 e. The van der Waals surface area contributed by atoms with Crippen LogP contribution in [0.3, 0.4) is 0 Å². The van der Waals surface area contributed by atoms with Crippen molar-refractivity contribution < 1.29 is 24.2 Å². The average molecular weight is 605 g/mol. The number of anilines is 1. The minimum absolute atomic E-state index is 0.0127. The number of carbonyl (C=O) groups excluding carboxylic acids is 3. The van der Waals surface area contributed by atoms with Gasteiger partial charge in [0.15, 0.2) is 0 Å². The summed E-state index contributed by atoms with van der Waals surface area (Å²) in [4.78, 5) is 46.6. The molecular formula is C35H44N2O5S. The number of thioether (sulfide) groups is 1. The predicted molar refractivity (Wildman–Crippen MR) is 173 cm³/mol. The predicted octanol–water partition coefficient (Wildman–Crippen LogP) is 5.61. The average Bonchev–Trinajstić information content (AvgIpc) is 3.61. The lowest BCUT2D eigenvalue weighted by Gasteiger charge is -2.43. The van der Waals surface area contributed by atoms with E-state index in [-0.39, 0.29) is 54.6 Å². The van der Waals surface area contributed by atoms with Crippen LogP contribution in [-0.2, 0) is 19.1 Å². The van der Waals surface area contributed by atoms with E-state index in [1.807, 2.05) is 56.3 Å². The fourth-order valence-electron chi connectivity index (χ4n) is 7.62. The Bertz CT molecular complexity index is 1400. The van der Waals surface area contributed by atoms with Crippen LogP contribution in [0.5, 0.6) is 0 Å². The fraction of sp³-hybridized carbons (Fsp3) is 0.514. The van der Waals surface area contributed by atoms with Gasteiger partial charge >= 0.3 is 5.97 Å². The normalized spacial score (nSPS) is 28.9. The molecule has 3 unspecified atom stereocenters. The van der Waals surface area contributed by atoms with Crippen molar-refractivity contribution in [2.45, 2.75) is 68.5 Å². The molecule has 8 atom stereocenters. The number of carbonyl (C=O) groups is 3. The topological polar surface area (TPSA) is 87.2 Å². The molecule has 2 aromatic rings. The minimum atomic E-state index is -0.842. The summed E-state index contributed by atoms with van der Waals surface area (Å²) >= 11 is 1.63. The van der Waals surface area contributed by atoms with Gasteiger partial charge in [-0.25, -0.2) is 0 Å². The maximum atomic E-state index is 15.0. The van der Waals surface area contributed by atoms with E-state index in [1.54, 1.807) is 33.7 Å². The number of amides is 2. The highest BCUT2D eigenvalue weighted by Gasteiger charge is 2.77. The van der Waals surface area contributed by atoms with Gasteiger partial charge < -0.3 is 19.6 Å². The molecule has 0 aliphatic carbocycles. The number of likely N-dealkylation sites (tertiary alicyclic amines) is 1. The molecule has 3 aliphatic heterocycles. The van der Waals surface area contributed by atoms with Crippen molar-refractivity contribution in [1.29, 1.82) is 0 Å². The summed E-state index contributed by atoms with van der Waals surface area (Å²) in [5.41, 5.74) is 0.725. The second kappa shape index (κ2) is 12.9. The smallest absolute Gasteiger partial charge is 0.310 e. The van der Waals surface area contributed by atoms with Crippen LogP contribution < -0.4 is 4.90 Å². The van der Waals surface area contributed by atoms with Gasteiger partial charge in [0, 0.05) is 17.5 Å². The molecule has 5 rings (SSSR count). The molecular weight excluding hydrogens is 560 g/mol. The molecule has 2 amide bonds. The summed E-state index contributed by atoms with van der Waals surface area (Å²) in [5, 5.41) is 12.7. The molecule has 2 aromatic carbocycles. The van der Waals surface area contributed by atoms with Crippen LogP contribution >= 0.6 is 11.8 Å². The van der Waals surface area contributed by atoms with E-state index in [4.69, 9.17) is 4.74 Å². The second-order valence-corrected chi connectivity index (χ2v) is 13.8. The molecule has 230 valence electrons. The number of fused-ring (bicyclic) bond motifs is 2. The van der Waals surface area contributed by atoms with Crippen LogP contribution in [-0.4, -0.2) is 69.6 Å². The van der Waals surface area contributed by atoms with Crippen molar-refractivity contribution in [2.24, 2.45) is 23.7 Å². The first-order chi connectivity index (χ1) is 20.7. The first kappa shape index (κ1) is 31.3. The Morgan fingerprint density at radius 3 is 2.63 bits per heavy atom. The largest absolute Gasteiger partial charge is 0.465 e. The van der Waals surface area contributed by atoms with Crippen LogP contribution in [0.15, 0.2) is 67.8 Å². The molecule has 8 heteroatoms. The second-order valence-electron chi connectivity index (χ2n) is 12.3. The molecule has 1 spiro atoms. The fourth-order valence-corrected chi connectivity index (χ4v) is 10.0. The lowest BCUT2D eigenvalue weighted by molar-refractivity contribution is -0.155. The van der Waals surface area contributed by atoms with Gasteiger partial charge in [-0.3, -0.25) is 14.4 Å². The first-order valence-electron chi connectivity index (χ1n) is 15.5. The summed E-state index contributed by atoms with van der Waals surface area (Å²) in [6.45, 7) is 14.1. The van der Waals surface area contributed by atoms with Crippen LogP contribution in [0, 0.1) is 23.7 Å². The molecule has 7 nitrogen and oxygen atoms in total. The first-order valence-corrected chi connectivity index (χ1v) is 16.4. The Balaban J connectivity index is 1.60. The number of unbranched alkanes of at least 4 members (excludes halogenated alkanes) is 1. The van der Waals surface area contributed by atoms with Crippen LogP contribution in [0.4, 0.5) is 5.69 Å². The third kappa shape index (κ3) is 5.20. The maximum Gasteiger partial charge on any atom is 0.310 e. The Morgan fingerprint density at radius 2 is 1.95 bits per heavy atom. The number of benzene rings is 2. The van der Waals surface area contributed by atoms with Gasteiger partial charge in [0.25, 0.3) is 5.91 Å². The number of allylic oxidation sites excluding steroid dienone is 1. The van der Waals surface area contributed by atoms with Crippen LogP contribution in [0.25, 0.3) is 10.8 Å². The number of aliphatic hydroxyl groups is 1. The van der Waals surface area contributed by atoms with Crippen molar-refractivity contribution in [3.63, 3.8) is 0 Å². The van der Waals surface area contributed by atoms with Gasteiger partial charge in [0.1, 0.15) is 6.04 Å². The molecule has 0 radical (unpaired) electrons. The Kier molecular flexibility index (Phi) is 9.37. The molecule has 0 saturated carbocycles. The van der Waals surface area contributed by atoms with Crippen LogP contribution in [0.2, 0.25) is 0 Å². The maximum absolute atomic E-state index is 15.0. The summed E-state index contributed by atoms with van der Waals surface area (Å²) in [5.74, 6) is -2.12. The monoisotopic (exact) mass is 604 g/mol. The number of ether oxygens (including phenoxy) is 1. The third-order valence-corrected chi connectivity index (χ3v) is 12.0. The molecule has 1 N–H and O–H groups in total. The van der Waals surface area contributed by atoms with Crippen LogP contribution in [0.1, 0.15) is 46.5 Å². The van der Waals surface area contributed by atoms with E-state index in [0.29, 0.717) is 6.42 Å². The molecule has 3 heterocycles. The Morgan fingerprint density at radius 1 is 1.21 bits per heavy atom. The summed E-state index contributed by atoms with van der Waals surface area (Å²) in [6.07, 6.45) is 6.37. The van der Waals surface area contributed by atoms with Crippen molar-refractivity contribution in [1.82, 2.24) is 4.90 Å². The molecule has 0 aromatic heterocycles. The van der Waals surface area contributed by atoms with Crippen molar-refractivity contribution in [3.05, 3.63) is 67.8 Å². The van der Waals surface area contributed by atoms with Crippen molar-refractivity contribution in [3.8, 4) is 0 Å². The lowest BCUT2D eigenvalue weighted by Crippen LogP contribution is -2.60. The highest BCUT2D eigenvalue weighted by atomic mass is 32.2. The lowest BCUT2D eigenvalue weighted by atomic mass is 9.66. The summed E-state index contributed by atoms with van der Waals surface area (Å²) in [6, 6.07) is 12.5. The van der Waals surface area contributed by atoms with Gasteiger partial charge in [-0.15, -0.1) is 24.9 Å². The van der Waals surface area contributed by atoms with Crippen molar-refractivity contribution in [2.75, 3.05) is 24.7 Å². The number of hydrogen-bond acceptors (Lipinski definition) is 6. The molecule has 3 aliphatic rings. The molecule has 3 fully saturated rings. The van der Waals surface area contributed by atoms with Crippen molar-refractivity contribution >= 4 is 46.0 Å². The van der Waals surface area contributed by atoms with Gasteiger partial charge in [0.05, 0.1) is 35.8 Å². The highest BCUT2D eigenvalue weighted by molar-refractivity contribution is 8.02. The molecule has 2 bridgehead atoms.